The lowest BCUT2D eigenvalue weighted by atomic mass is 10.1. The zero-order valence-electron chi connectivity index (χ0n) is 12.3. The summed E-state index contributed by atoms with van der Waals surface area (Å²) in [6.07, 6.45) is 0.971. The number of hydrogen-bond donors (Lipinski definition) is 1. The maximum absolute atomic E-state index is 11.8. The van der Waals surface area contributed by atoms with Gasteiger partial charge < -0.3 is 15.0 Å². The highest BCUT2D eigenvalue weighted by Gasteiger charge is 2.31. The second-order valence-electron chi connectivity index (χ2n) is 5.56. The molecule has 1 aliphatic heterocycles. The Labute approximate surface area is 121 Å². The zero-order valence-corrected chi connectivity index (χ0v) is 12.3. The van der Waals surface area contributed by atoms with Crippen LogP contribution in [0.4, 0.5) is 4.79 Å². The van der Waals surface area contributed by atoms with Crippen LogP contribution >= 0.6 is 0 Å². The van der Waals surface area contributed by atoms with Crippen LogP contribution in [0, 0.1) is 5.92 Å². The van der Waals surface area contributed by atoms with Crippen molar-refractivity contribution in [1.29, 1.82) is 0 Å². The predicted octanol–water partition coefficient (Wildman–Crippen LogP) is 2.64. The highest BCUT2D eigenvalue weighted by Crippen LogP contribution is 2.12. The van der Waals surface area contributed by atoms with Gasteiger partial charge in [0.1, 0.15) is 6.61 Å². The summed E-state index contributed by atoms with van der Waals surface area (Å²) in [5.41, 5.74) is 1.02. The summed E-state index contributed by atoms with van der Waals surface area (Å²) in [4.78, 5) is 13.6. The third-order valence-corrected chi connectivity index (χ3v) is 3.80. The molecule has 1 aromatic carbocycles. The average molecular weight is 276 g/mol. The molecule has 2 rings (SSSR count). The molecule has 1 aromatic rings. The first kappa shape index (κ1) is 14.9. The van der Waals surface area contributed by atoms with Gasteiger partial charge in [-0.2, -0.15) is 0 Å². The molecule has 4 heteroatoms. The molecule has 1 N–H and O–H groups in total. The normalized spacial score (nSPS) is 16.6. The second-order valence-corrected chi connectivity index (χ2v) is 5.56. The smallest absolute Gasteiger partial charge is 0.410 e. The second kappa shape index (κ2) is 7.29. The fraction of sp³-hybridized carbons (Fsp3) is 0.562. The third kappa shape index (κ3) is 4.23. The van der Waals surface area contributed by atoms with Crippen molar-refractivity contribution in [2.45, 2.75) is 32.9 Å². The van der Waals surface area contributed by atoms with E-state index in [0.29, 0.717) is 18.6 Å². The van der Waals surface area contributed by atoms with Gasteiger partial charge in [-0.3, -0.25) is 0 Å². The predicted molar refractivity (Wildman–Crippen MR) is 79.4 cm³/mol. The van der Waals surface area contributed by atoms with E-state index in [4.69, 9.17) is 4.74 Å². The summed E-state index contributed by atoms with van der Waals surface area (Å²) < 4.78 is 5.29. The zero-order chi connectivity index (χ0) is 14.4. The van der Waals surface area contributed by atoms with Gasteiger partial charge in [0, 0.05) is 19.1 Å². The van der Waals surface area contributed by atoms with E-state index in [2.05, 4.69) is 19.2 Å². The molecule has 0 bridgehead atoms. The summed E-state index contributed by atoms with van der Waals surface area (Å²) in [6, 6.07) is 10.2. The number of nitrogens with zero attached hydrogens (tertiary/aromatic N) is 1. The number of nitrogens with one attached hydrogen (secondary N) is 1. The van der Waals surface area contributed by atoms with Gasteiger partial charge in [0.2, 0.25) is 0 Å². The van der Waals surface area contributed by atoms with E-state index in [0.717, 1.165) is 25.2 Å². The molecular formula is C16H24N2O2. The van der Waals surface area contributed by atoms with Gasteiger partial charge in [-0.25, -0.2) is 4.79 Å². The molecule has 20 heavy (non-hydrogen) atoms. The highest BCUT2D eigenvalue weighted by molar-refractivity contribution is 5.68. The number of carbonyl (C=O) groups excluding carboxylic acids is 1. The molecule has 4 nitrogen and oxygen atoms in total. The van der Waals surface area contributed by atoms with Crippen molar-refractivity contribution in [2.24, 2.45) is 5.92 Å². The minimum atomic E-state index is -0.213. The Bertz CT molecular complexity index is 416. The molecule has 110 valence electrons. The number of carbonyl (C=O) groups is 1. The van der Waals surface area contributed by atoms with E-state index in [1.165, 1.54) is 6.42 Å². The summed E-state index contributed by atoms with van der Waals surface area (Å²) in [5.74, 6) is 0.689. The summed E-state index contributed by atoms with van der Waals surface area (Å²) in [7, 11) is 0. The first-order valence-electron chi connectivity index (χ1n) is 7.38. The van der Waals surface area contributed by atoms with E-state index < -0.39 is 0 Å². The Kier molecular flexibility index (Phi) is 5.41. The third-order valence-electron chi connectivity index (χ3n) is 3.80. The van der Waals surface area contributed by atoms with E-state index in [9.17, 15) is 4.79 Å². The van der Waals surface area contributed by atoms with Crippen LogP contribution in [0.2, 0.25) is 0 Å². The molecule has 0 spiro atoms. The van der Waals surface area contributed by atoms with Crippen molar-refractivity contribution in [1.82, 2.24) is 10.2 Å². The largest absolute Gasteiger partial charge is 0.445 e. The molecule has 0 aliphatic carbocycles. The molecular weight excluding hydrogens is 252 g/mol. The van der Waals surface area contributed by atoms with Crippen molar-refractivity contribution >= 4 is 6.09 Å². The minimum Gasteiger partial charge on any atom is -0.445 e. The molecule has 1 fully saturated rings. The maximum Gasteiger partial charge on any atom is 0.410 e. The minimum absolute atomic E-state index is 0.213. The summed E-state index contributed by atoms with van der Waals surface area (Å²) in [5, 5.41) is 3.48. The molecule has 0 aromatic heterocycles. The lowest BCUT2D eigenvalue weighted by Crippen LogP contribution is -2.60. The van der Waals surface area contributed by atoms with Crippen LogP contribution < -0.4 is 5.32 Å². The Morgan fingerprint density at radius 2 is 2.10 bits per heavy atom. The summed E-state index contributed by atoms with van der Waals surface area (Å²) in [6.45, 7) is 7.31. The molecule has 0 saturated carbocycles. The van der Waals surface area contributed by atoms with Gasteiger partial charge in [0.15, 0.2) is 0 Å². The van der Waals surface area contributed by atoms with Crippen molar-refractivity contribution in [3.63, 3.8) is 0 Å². The Balaban J connectivity index is 1.62. The van der Waals surface area contributed by atoms with Gasteiger partial charge in [-0.15, -0.1) is 0 Å². The van der Waals surface area contributed by atoms with Crippen molar-refractivity contribution in [3.8, 4) is 0 Å². The van der Waals surface area contributed by atoms with Crippen LogP contribution in [0.25, 0.3) is 0 Å². The summed E-state index contributed by atoms with van der Waals surface area (Å²) >= 11 is 0. The monoisotopic (exact) mass is 276 g/mol. The van der Waals surface area contributed by atoms with Gasteiger partial charge >= 0.3 is 6.09 Å². The van der Waals surface area contributed by atoms with Crippen LogP contribution in [0.3, 0.4) is 0 Å². The molecule has 1 unspecified atom stereocenters. The first-order chi connectivity index (χ1) is 9.69. The van der Waals surface area contributed by atoms with E-state index in [1.807, 2.05) is 30.3 Å². The van der Waals surface area contributed by atoms with Crippen molar-refractivity contribution in [3.05, 3.63) is 35.9 Å². The first-order valence-corrected chi connectivity index (χ1v) is 7.38. The van der Waals surface area contributed by atoms with Crippen LogP contribution in [0.5, 0.6) is 0 Å². The Morgan fingerprint density at radius 3 is 2.75 bits per heavy atom. The van der Waals surface area contributed by atoms with Crippen LogP contribution in [0.1, 0.15) is 25.8 Å². The molecule has 1 amide bonds. The average Bonchev–Trinajstić information content (AvgIpc) is 2.44. The van der Waals surface area contributed by atoms with Gasteiger partial charge in [0.05, 0.1) is 0 Å². The highest BCUT2D eigenvalue weighted by atomic mass is 16.6. The van der Waals surface area contributed by atoms with Crippen molar-refractivity contribution in [2.75, 3.05) is 19.6 Å². The lowest BCUT2D eigenvalue weighted by Gasteiger charge is -2.39. The molecule has 0 radical (unpaired) electrons. The fourth-order valence-electron chi connectivity index (χ4n) is 2.08. The topological polar surface area (TPSA) is 41.6 Å². The van der Waals surface area contributed by atoms with Gasteiger partial charge in [-0.1, -0.05) is 50.6 Å². The SMILES string of the molecule is CCC(C)CNC1CN(C(=O)OCc2ccccc2)C1. The molecule has 1 heterocycles. The molecule has 1 aliphatic rings. The standard InChI is InChI=1S/C16H24N2O2/c1-3-13(2)9-17-15-10-18(11-15)16(19)20-12-14-7-5-4-6-8-14/h4-8,13,15,17H,3,9-12H2,1-2H3. The molecule has 1 saturated heterocycles. The maximum atomic E-state index is 11.8. The van der Waals surface area contributed by atoms with Crippen LogP contribution in [0.15, 0.2) is 30.3 Å². The van der Waals surface area contributed by atoms with E-state index in [1.54, 1.807) is 4.90 Å². The number of ether oxygens (including phenoxy) is 1. The number of likely N-dealkylation sites (tertiary alicyclic amines) is 1. The van der Waals surface area contributed by atoms with Crippen LogP contribution in [-0.4, -0.2) is 36.7 Å². The van der Waals surface area contributed by atoms with Gasteiger partial charge in [0.25, 0.3) is 0 Å². The number of amides is 1. The quantitative estimate of drug-likeness (QED) is 0.868. The van der Waals surface area contributed by atoms with Gasteiger partial charge in [-0.05, 0) is 18.0 Å². The number of hydrogen-bond acceptors (Lipinski definition) is 3. The fourth-order valence-corrected chi connectivity index (χ4v) is 2.08. The molecule has 1 atom stereocenters. The lowest BCUT2D eigenvalue weighted by molar-refractivity contribution is 0.0596. The number of benzene rings is 1. The van der Waals surface area contributed by atoms with E-state index in [-0.39, 0.29) is 6.09 Å². The Hall–Kier alpha value is -1.55. The Morgan fingerprint density at radius 1 is 1.40 bits per heavy atom. The number of rotatable bonds is 6. The van der Waals surface area contributed by atoms with Crippen LogP contribution in [-0.2, 0) is 11.3 Å². The van der Waals surface area contributed by atoms with E-state index >= 15 is 0 Å². The van der Waals surface area contributed by atoms with Crippen molar-refractivity contribution < 1.29 is 9.53 Å².